The molecule has 0 heterocycles. The van der Waals surface area contributed by atoms with Gasteiger partial charge in [-0.25, -0.2) is 0 Å². The summed E-state index contributed by atoms with van der Waals surface area (Å²) in [6.45, 7) is 0. The van der Waals surface area contributed by atoms with Crippen molar-refractivity contribution in [2.45, 2.75) is 11.6 Å². The molecule has 110 valence electrons. The van der Waals surface area contributed by atoms with E-state index in [-0.39, 0.29) is 6.04 Å². The molecule has 22 heavy (non-hydrogen) atoms. The highest BCUT2D eigenvalue weighted by Gasteiger charge is 2.41. The third-order valence-electron chi connectivity index (χ3n) is 4.13. The second-order valence-electron chi connectivity index (χ2n) is 5.46. The number of hydrogen-bond acceptors (Lipinski definition) is 1. The first-order valence-electron chi connectivity index (χ1n) is 7.44. The minimum Gasteiger partial charge on any atom is -0.374 e. The minimum atomic E-state index is -1.16. The maximum absolute atomic E-state index is 11.6. The van der Waals surface area contributed by atoms with Crippen molar-refractivity contribution in [1.82, 2.24) is 0 Å². The highest BCUT2D eigenvalue weighted by Crippen LogP contribution is 2.38. The van der Waals surface area contributed by atoms with E-state index in [1.165, 1.54) is 0 Å². The van der Waals surface area contributed by atoms with Crippen LogP contribution in [0.25, 0.3) is 0 Å². The Morgan fingerprint density at radius 2 is 1.00 bits per heavy atom. The Bertz CT molecular complexity index is 671. The quantitative estimate of drug-likeness (QED) is 0.762. The van der Waals surface area contributed by atoms with E-state index < -0.39 is 5.60 Å². The SMILES string of the molecule is [NH3+][C@@H](c1ccccc1)C(O)(c1ccccc1)c1ccccc1. The van der Waals surface area contributed by atoms with Crippen molar-refractivity contribution in [3.05, 3.63) is 108 Å². The van der Waals surface area contributed by atoms with Crippen LogP contribution in [0.1, 0.15) is 22.7 Å². The lowest BCUT2D eigenvalue weighted by Gasteiger charge is -2.32. The summed E-state index contributed by atoms with van der Waals surface area (Å²) in [7, 11) is 0. The van der Waals surface area contributed by atoms with Gasteiger partial charge >= 0.3 is 0 Å². The minimum absolute atomic E-state index is 0.307. The van der Waals surface area contributed by atoms with E-state index in [0.29, 0.717) is 0 Å². The van der Waals surface area contributed by atoms with Crippen LogP contribution in [-0.2, 0) is 5.60 Å². The third-order valence-corrected chi connectivity index (χ3v) is 4.13. The molecule has 0 aromatic heterocycles. The van der Waals surface area contributed by atoms with Crippen molar-refractivity contribution in [1.29, 1.82) is 0 Å². The van der Waals surface area contributed by atoms with Gasteiger partial charge in [0.15, 0.2) is 5.60 Å². The van der Waals surface area contributed by atoms with E-state index in [4.69, 9.17) is 0 Å². The molecule has 3 aromatic carbocycles. The first-order valence-corrected chi connectivity index (χ1v) is 7.44. The molecule has 2 nitrogen and oxygen atoms in total. The van der Waals surface area contributed by atoms with Gasteiger partial charge < -0.3 is 10.8 Å². The second-order valence-corrected chi connectivity index (χ2v) is 5.46. The Hall–Kier alpha value is -2.42. The van der Waals surface area contributed by atoms with Crippen molar-refractivity contribution in [3.8, 4) is 0 Å². The van der Waals surface area contributed by atoms with E-state index in [9.17, 15) is 5.11 Å². The molecule has 0 saturated heterocycles. The van der Waals surface area contributed by atoms with Gasteiger partial charge in [-0.15, -0.1) is 0 Å². The molecule has 3 aromatic rings. The molecular formula is C20H20NO+. The Kier molecular flexibility index (Phi) is 4.05. The number of benzene rings is 3. The van der Waals surface area contributed by atoms with Crippen LogP contribution in [0.15, 0.2) is 91.0 Å². The van der Waals surface area contributed by atoms with E-state index in [1.54, 1.807) is 0 Å². The number of quaternary nitrogens is 1. The molecule has 0 aliphatic carbocycles. The summed E-state index contributed by atoms with van der Waals surface area (Å²) in [5.41, 5.74) is 5.84. The summed E-state index contributed by atoms with van der Waals surface area (Å²) in [5, 5.41) is 11.6. The molecule has 0 saturated carbocycles. The first-order chi connectivity index (χ1) is 10.7. The van der Waals surface area contributed by atoms with Gasteiger partial charge in [0.1, 0.15) is 6.04 Å². The largest absolute Gasteiger partial charge is 0.374 e. The lowest BCUT2D eigenvalue weighted by atomic mass is 9.78. The fourth-order valence-electron chi connectivity index (χ4n) is 2.88. The number of hydrogen-bond donors (Lipinski definition) is 2. The number of rotatable bonds is 4. The Balaban J connectivity index is 2.16. The van der Waals surface area contributed by atoms with Crippen LogP contribution >= 0.6 is 0 Å². The van der Waals surface area contributed by atoms with Gasteiger partial charge in [0.25, 0.3) is 0 Å². The van der Waals surface area contributed by atoms with E-state index >= 15 is 0 Å². The second kappa shape index (κ2) is 6.14. The smallest absolute Gasteiger partial charge is 0.171 e. The molecule has 0 aliphatic heterocycles. The summed E-state index contributed by atoms with van der Waals surface area (Å²) in [6.07, 6.45) is 0. The molecule has 0 fully saturated rings. The molecule has 0 amide bonds. The molecule has 0 radical (unpaired) electrons. The monoisotopic (exact) mass is 290 g/mol. The molecule has 4 N–H and O–H groups in total. The van der Waals surface area contributed by atoms with Crippen molar-refractivity contribution < 1.29 is 10.8 Å². The molecule has 2 heteroatoms. The van der Waals surface area contributed by atoms with Crippen LogP contribution in [0.3, 0.4) is 0 Å². The fraction of sp³-hybridized carbons (Fsp3) is 0.100. The van der Waals surface area contributed by atoms with Gasteiger partial charge in [-0.05, 0) is 11.1 Å². The van der Waals surface area contributed by atoms with Crippen LogP contribution in [0, 0.1) is 0 Å². The zero-order valence-corrected chi connectivity index (χ0v) is 12.4. The summed E-state index contributed by atoms with van der Waals surface area (Å²) >= 11 is 0. The highest BCUT2D eigenvalue weighted by molar-refractivity contribution is 5.40. The lowest BCUT2D eigenvalue weighted by Crippen LogP contribution is -2.63. The summed E-state index contributed by atoms with van der Waals surface area (Å²) in [6, 6.07) is 29.1. The zero-order chi connectivity index (χ0) is 15.4. The predicted molar refractivity (Wildman–Crippen MR) is 88.0 cm³/mol. The molecule has 0 bridgehead atoms. The van der Waals surface area contributed by atoms with Gasteiger partial charge in [-0.2, -0.15) is 0 Å². The molecule has 1 atom stereocenters. The van der Waals surface area contributed by atoms with Crippen molar-refractivity contribution in [2.75, 3.05) is 0 Å². The van der Waals surface area contributed by atoms with E-state index in [0.717, 1.165) is 16.7 Å². The topological polar surface area (TPSA) is 47.9 Å². The van der Waals surface area contributed by atoms with Crippen molar-refractivity contribution >= 4 is 0 Å². The molecular weight excluding hydrogens is 270 g/mol. The average Bonchev–Trinajstić information content (AvgIpc) is 2.62. The number of aliphatic hydroxyl groups is 1. The predicted octanol–water partition coefficient (Wildman–Crippen LogP) is 2.91. The van der Waals surface area contributed by atoms with Crippen LogP contribution in [0.4, 0.5) is 0 Å². The fourth-order valence-corrected chi connectivity index (χ4v) is 2.88. The molecule has 3 rings (SSSR count). The highest BCUT2D eigenvalue weighted by atomic mass is 16.3. The van der Waals surface area contributed by atoms with Crippen molar-refractivity contribution in [2.24, 2.45) is 0 Å². The van der Waals surface area contributed by atoms with E-state index in [1.807, 2.05) is 91.0 Å². The van der Waals surface area contributed by atoms with Crippen molar-refractivity contribution in [3.63, 3.8) is 0 Å². The Morgan fingerprint density at radius 1 is 0.636 bits per heavy atom. The van der Waals surface area contributed by atoms with Gasteiger partial charge in [0.2, 0.25) is 0 Å². The summed E-state index contributed by atoms with van der Waals surface area (Å²) in [4.78, 5) is 0. The average molecular weight is 290 g/mol. The summed E-state index contributed by atoms with van der Waals surface area (Å²) in [5.74, 6) is 0. The van der Waals surface area contributed by atoms with Gasteiger partial charge in [-0.1, -0.05) is 91.0 Å². The maximum atomic E-state index is 11.6. The van der Waals surface area contributed by atoms with Crippen LogP contribution in [0.5, 0.6) is 0 Å². The molecule has 0 unspecified atom stereocenters. The third kappa shape index (κ3) is 2.54. The van der Waals surface area contributed by atoms with Crippen LogP contribution < -0.4 is 5.73 Å². The van der Waals surface area contributed by atoms with E-state index in [2.05, 4.69) is 5.73 Å². The maximum Gasteiger partial charge on any atom is 0.171 e. The van der Waals surface area contributed by atoms with Gasteiger partial charge in [0.05, 0.1) is 0 Å². The molecule has 0 spiro atoms. The first kappa shape index (κ1) is 14.5. The van der Waals surface area contributed by atoms with Gasteiger partial charge in [0, 0.05) is 5.56 Å². The summed E-state index contributed by atoms with van der Waals surface area (Å²) < 4.78 is 0. The molecule has 0 aliphatic rings. The van der Waals surface area contributed by atoms with Gasteiger partial charge in [-0.3, -0.25) is 0 Å². The zero-order valence-electron chi connectivity index (χ0n) is 12.4. The Morgan fingerprint density at radius 3 is 1.41 bits per heavy atom. The standard InChI is InChI=1S/C20H19NO/c21-19(16-10-4-1-5-11-16)20(22,17-12-6-2-7-13-17)18-14-8-3-9-15-18/h1-15,19,22H,21H2/p+1/t19-/m0/s1. The van der Waals surface area contributed by atoms with Crippen LogP contribution in [0.2, 0.25) is 0 Å². The lowest BCUT2D eigenvalue weighted by molar-refractivity contribution is -0.459. The van der Waals surface area contributed by atoms with Crippen LogP contribution in [-0.4, -0.2) is 5.11 Å². The normalized spacial score (nSPS) is 12.8. The Labute approximate surface area is 130 Å².